The molecule has 0 aromatic rings. The number of carbonyl (C=O) groups excluding carboxylic acids is 1. The lowest BCUT2D eigenvalue weighted by Gasteiger charge is -2.41. The number of carbonyl (C=O) groups is 1. The van der Waals surface area contributed by atoms with Crippen molar-refractivity contribution in [1.29, 1.82) is 0 Å². The summed E-state index contributed by atoms with van der Waals surface area (Å²) in [6.07, 6.45) is 1.77. The predicted octanol–water partition coefficient (Wildman–Crippen LogP) is 3.70. The van der Waals surface area contributed by atoms with Gasteiger partial charge in [0.15, 0.2) is 22.3 Å². The summed E-state index contributed by atoms with van der Waals surface area (Å²) in [7, 11) is -3.01. The zero-order valence-electron chi connectivity index (χ0n) is 12.7. The molecule has 0 aromatic carbocycles. The van der Waals surface area contributed by atoms with Crippen molar-refractivity contribution in [3.63, 3.8) is 0 Å². The Morgan fingerprint density at radius 1 is 1.06 bits per heavy atom. The van der Waals surface area contributed by atoms with E-state index >= 15 is 0 Å². The Labute approximate surface area is 108 Å². The standard InChI is InChI=1S/C12H28N2OSi2/c1-9-10-12(11(2)15)13-14(16(3,4)5)17(6,7)8/h9-10H2,1-8H3. The second-order valence-electron chi connectivity index (χ2n) is 6.51. The normalized spacial score (nSPS) is 13.8. The fourth-order valence-corrected chi connectivity index (χ4v) is 10.9. The van der Waals surface area contributed by atoms with E-state index < -0.39 is 16.5 Å². The molecule has 0 spiro atoms. The number of hydrogen-bond acceptors (Lipinski definition) is 3. The van der Waals surface area contributed by atoms with E-state index in [4.69, 9.17) is 5.10 Å². The highest BCUT2D eigenvalue weighted by Gasteiger charge is 2.34. The van der Waals surface area contributed by atoms with Gasteiger partial charge < -0.3 is 4.34 Å². The molecule has 0 N–H and O–H groups in total. The van der Waals surface area contributed by atoms with Crippen LogP contribution in [0.25, 0.3) is 0 Å². The van der Waals surface area contributed by atoms with Crippen LogP contribution in [0.15, 0.2) is 5.10 Å². The summed E-state index contributed by atoms with van der Waals surface area (Å²) in [6, 6.07) is 0. The van der Waals surface area contributed by atoms with Gasteiger partial charge in [0.2, 0.25) is 0 Å². The van der Waals surface area contributed by atoms with E-state index in [0.717, 1.165) is 18.6 Å². The van der Waals surface area contributed by atoms with Crippen molar-refractivity contribution < 1.29 is 4.79 Å². The molecular formula is C12H28N2OSi2. The molecule has 0 saturated carbocycles. The van der Waals surface area contributed by atoms with Crippen molar-refractivity contribution in [2.75, 3.05) is 0 Å². The van der Waals surface area contributed by atoms with Crippen LogP contribution < -0.4 is 0 Å². The Balaban J connectivity index is 5.34. The Bertz CT molecular complexity index is 287. The van der Waals surface area contributed by atoms with Gasteiger partial charge in [-0.2, -0.15) is 5.10 Å². The van der Waals surface area contributed by atoms with Gasteiger partial charge in [0.1, 0.15) is 5.71 Å². The molecule has 0 fully saturated rings. The summed E-state index contributed by atoms with van der Waals surface area (Å²) >= 11 is 0. The van der Waals surface area contributed by atoms with Gasteiger partial charge in [-0.05, 0) is 6.42 Å². The van der Waals surface area contributed by atoms with Crippen molar-refractivity contribution in [3.8, 4) is 0 Å². The molecule has 3 nitrogen and oxygen atoms in total. The zero-order chi connectivity index (χ0) is 13.9. The summed E-state index contributed by atoms with van der Waals surface area (Å²) in [5, 5.41) is 4.73. The third-order valence-corrected chi connectivity index (χ3v) is 9.15. The van der Waals surface area contributed by atoms with Crippen LogP contribution in [0.4, 0.5) is 0 Å². The fourth-order valence-electron chi connectivity index (χ4n) is 1.96. The van der Waals surface area contributed by atoms with Crippen LogP contribution in [-0.2, 0) is 4.79 Å². The Kier molecular flexibility index (Phi) is 5.80. The largest absolute Gasteiger partial charge is 0.349 e. The number of hydrogen-bond donors (Lipinski definition) is 0. The highest BCUT2D eigenvalue weighted by molar-refractivity contribution is 6.89. The van der Waals surface area contributed by atoms with Gasteiger partial charge >= 0.3 is 0 Å². The van der Waals surface area contributed by atoms with E-state index in [1.54, 1.807) is 6.92 Å². The summed E-state index contributed by atoms with van der Waals surface area (Å²) in [6.45, 7) is 17.5. The number of nitrogens with zero attached hydrogens (tertiary/aromatic N) is 2. The highest BCUT2D eigenvalue weighted by Crippen LogP contribution is 2.20. The smallest absolute Gasteiger partial charge is 0.175 e. The van der Waals surface area contributed by atoms with E-state index in [2.05, 4.69) is 50.5 Å². The maximum Gasteiger partial charge on any atom is 0.175 e. The van der Waals surface area contributed by atoms with Gasteiger partial charge in [-0.1, -0.05) is 52.6 Å². The highest BCUT2D eigenvalue weighted by atomic mass is 28.4. The van der Waals surface area contributed by atoms with E-state index in [0.29, 0.717) is 0 Å². The second-order valence-corrected chi connectivity index (χ2v) is 16.5. The van der Waals surface area contributed by atoms with E-state index in [9.17, 15) is 4.79 Å². The Morgan fingerprint density at radius 2 is 1.47 bits per heavy atom. The molecule has 0 saturated heterocycles. The average molecular weight is 273 g/mol. The van der Waals surface area contributed by atoms with Crippen LogP contribution in [0.2, 0.25) is 39.3 Å². The van der Waals surface area contributed by atoms with Gasteiger partial charge in [0, 0.05) is 6.92 Å². The van der Waals surface area contributed by atoms with Gasteiger partial charge in [-0.3, -0.25) is 4.79 Å². The fraction of sp³-hybridized carbons (Fsp3) is 0.833. The molecule has 5 heteroatoms. The van der Waals surface area contributed by atoms with E-state index in [-0.39, 0.29) is 5.78 Å². The van der Waals surface area contributed by atoms with Crippen LogP contribution in [0, 0.1) is 0 Å². The monoisotopic (exact) mass is 272 g/mol. The summed E-state index contributed by atoms with van der Waals surface area (Å²) in [4.78, 5) is 11.6. The topological polar surface area (TPSA) is 32.7 Å². The molecule has 0 aromatic heterocycles. The molecule has 0 unspecified atom stereocenters. The molecule has 0 aliphatic carbocycles. The molecular weight excluding hydrogens is 244 g/mol. The first kappa shape index (κ1) is 16.6. The molecule has 0 bridgehead atoms. The van der Waals surface area contributed by atoms with Crippen LogP contribution in [0.5, 0.6) is 0 Å². The molecule has 0 amide bonds. The quantitative estimate of drug-likeness (QED) is 0.419. The third-order valence-electron chi connectivity index (χ3n) is 2.38. The lowest BCUT2D eigenvalue weighted by molar-refractivity contribution is -0.111. The van der Waals surface area contributed by atoms with Crippen molar-refractivity contribution >= 4 is 28.0 Å². The van der Waals surface area contributed by atoms with Gasteiger partial charge in [-0.15, -0.1) is 0 Å². The van der Waals surface area contributed by atoms with Crippen molar-refractivity contribution in [1.82, 2.24) is 4.34 Å². The Morgan fingerprint density at radius 3 is 1.71 bits per heavy atom. The molecule has 0 aliphatic heterocycles. The van der Waals surface area contributed by atoms with Gasteiger partial charge in [0.05, 0.1) is 0 Å². The van der Waals surface area contributed by atoms with Crippen LogP contribution in [-0.4, -0.2) is 32.3 Å². The Hall–Kier alpha value is -0.426. The van der Waals surface area contributed by atoms with E-state index in [1.165, 1.54) is 0 Å². The lowest BCUT2D eigenvalue weighted by Crippen LogP contribution is -2.56. The summed E-state index contributed by atoms with van der Waals surface area (Å²) in [5.41, 5.74) is 0.748. The number of ketones is 1. The molecule has 0 rings (SSSR count). The van der Waals surface area contributed by atoms with Crippen LogP contribution >= 0.6 is 0 Å². The summed E-state index contributed by atoms with van der Waals surface area (Å²) in [5.74, 6) is 0.119. The zero-order valence-corrected chi connectivity index (χ0v) is 14.7. The van der Waals surface area contributed by atoms with Crippen LogP contribution in [0.3, 0.4) is 0 Å². The first-order valence-electron chi connectivity index (χ1n) is 6.39. The minimum absolute atomic E-state index is 0.119. The minimum atomic E-state index is -1.50. The maximum atomic E-state index is 11.6. The predicted molar refractivity (Wildman–Crippen MR) is 81.6 cm³/mol. The average Bonchev–Trinajstić information content (AvgIpc) is 2.07. The van der Waals surface area contributed by atoms with Gasteiger partial charge in [-0.25, -0.2) is 0 Å². The number of hydrazone groups is 1. The van der Waals surface area contributed by atoms with Crippen LogP contribution in [0.1, 0.15) is 26.7 Å². The minimum Gasteiger partial charge on any atom is -0.349 e. The molecule has 17 heavy (non-hydrogen) atoms. The molecule has 0 atom stereocenters. The van der Waals surface area contributed by atoms with Crippen molar-refractivity contribution in [2.45, 2.75) is 66.0 Å². The van der Waals surface area contributed by atoms with Crippen molar-refractivity contribution in [3.05, 3.63) is 0 Å². The molecule has 0 radical (unpaired) electrons. The lowest BCUT2D eigenvalue weighted by atomic mass is 10.2. The maximum absolute atomic E-state index is 11.6. The molecule has 100 valence electrons. The summed E-state index contributed by atoms with van der Waals surface area (Å²) < 4.78 is 2.31. The molecule has 0 aliphatic rings. The first-order valence-corrected chi connectivity index (χ1v) is 13.3. The SMILES string of the molecule is CCCC(=NN([Si](C)(C)C)[Si](C)(C)C)C(C)=O. The van der Waals surface area contributed by atoms with Gasteiger partial charge in [0.25, 0.3) is 0 Å². The number of rotatable bonds is 6. The van der Waals surface area contributed by atoms with Crippen molar-refractivity contribution in [2.24, 2.45) is 5.10 Å². The third kappa shape index (κ3) is 5.63. The number of Topliss-reactive ketones (excluding diaryl/α,β-unsaturated/α-hetero) is 1. The van der Waals surface area contributed by atoms with E-state index in [1.807, 2.05) is 0 Å². The first-order chi connectivity index (χ1) is 7.50. The molecule has 0 heterocycles. The second kappa shape index (κ2) is 5.95.